The van der Waals surface area contributed by atoms with Gasteiger partial charge in [0.2, 0.25) is 0 Å². The highest BCUT2D eigenvalue weighted by Crippen LogP contribution is 2.17. The minimum absolute atomic E-state index is 0.0318. The fourth-order valence-electron chi connectivity index (χ4n) is 2.70. The van der Waals surface area contributed by atoms with Gasteiger partial charge in [-0.15, -0.1) is 0 Å². The molecule has 2 aromatic carbocycles. The van der Waals surface area contributed by atoms with E-state index in [-0.39, 0.29) is 11.9 Å². The lowest BCUT2D eigenvalue weighted by Gasteiger charge is -2.17. The molecule has 3 aromatic rings. The van der Waals surface area contributed by atoms with Crippen LogP contribution in [0.25, 0.3) is 0 Å². The third-order valence-corrected chi connectivity index (χ3v) is 4.06. The molecule has 3 rings (SSSR count). The Morgan fingerprint density at radius 2 is 1.88 bits per heavy atom. The van der Waals surface area contributed by atoms with Crippen molar-refractivity contribution in [2.24, 2.45) is 0 Å². The predicted molar refractivity (Wildman–Crippen MR) is 94.7 cm³/mol. The van der Waals surface area contributed by atoms with Crippen LogP contribution >= 0.6 is 0 Å². The number of hydrogen-bond acceptors (Lipinski definition) is 2. The summed E-state index contributed by atoms with van der Waals surface area (Å²) < 4.78 is 2.00. The zero-order chi connectivity index (χ0) is 16.8. The lowest BCUT2D eigenvalue weighted by Crippen LogP contribution is -2.28. The van der Waals surface area contributed by atoms with Gasteiger partial charge in [-0.25, -0.2) is 4.98 Å². The largest absolute Gasteiger partial charge is 0.345 e. The van der Waals surface area contributed by atoms with Crippen molar-refractivity contribution in [3.8, 4) is 0 Å². The molecule has 4 nitrogen and oxygen atoms in total. The van der Waals surface area contributed by atoms with E-state index in [9.17, 15) is 4.79 Å². The van der Waals surface area contributed by atoms with Gasteiger partial charge < -0.3 is 9.88 Å². The van der Waals surface area contributed by atoms with Crippen molar-refractivity contribution in [2.45, 2.75) is 25.9 Å². The van der Waals surface area contributed by atoms with E-state index in [0.717, 1.165) is 24.1 Å². The number of amides is 1. The molecule has 1 aromatic heterocycles. The van der Waals surface area contributed by atoms with Crippen molar-refractivity contribution in [3.63, 3.8) is 0 Å². The molecule has 122 valence electrons. The molecule has 1 N–H and O–H groups in total. The van der Waals surface area contributed by atoms with Gasteiger partial charge in [0.05, 0.1) is 12.4 Å². The van der Waals surface area contributed by atoms with Gasteiger partial charge in [0.1, 0.15) is 0 Å². The monoisotopic (exact) mass is 319 g/mol. The van der Waals surface area contributed by atoms with Crippen LogP contribution in [-0.4, -0.2) is 15.5 Å². The maximum atomic E-state index is 12.5. The van der Waals surface area contributed by atoms with Crippen molar-refractivity contribution < 1.29 is 4.79 Å². The van der Waals surface area contributed by atoms with Crippen molar-refractivity contribution in [3.05, 3.63) is 90.0 Å². The average molecular weight is 319 g/mol. The van der Waals surface area contributed by atoms with Crippen molar-refractivity contribution in [1.29, 1.82) is 0 Å². The second-order valence-electron chi connectivity index (χ2n) is 5.78. The Morgan fingerprint density at radius 1 is 1.12 bits per heavy atom. The molecule has 0 saturated heterocycles. The lowest BCUT2D eigenvalue weighted by atomic mass is 10.0. The molecule has 0 saturated carbocycles. The molecule has 24 heavy (non-hydrogen) atoms. The van der Waals surface area contributed by atoms with Crippen molar-refractivity contribution in [1.82, 2.24) is 14.9 Å². The van der Waals surface area contributed by atoms with E-state index in [0.29, 0.717) is 5.56 Å². The van der Waals surface area contributed by atoms with E-state index in [4.69, 9.17) is 0 Å². The molecule has 0 spiro atoms. The van der Waals surface area contributed by atoms with E-state index in [1.54, 1.807) is 12.5 Å². The summed E-state index contributed by atoms with van der Waals surface area (Å²) in [6.45, 7) is 2.83. The van der Waals surface area contributed by atoms with Crippen molar-refractivity contribution >= 4 is 5.91 Å². The van der Waals surface area contributed by atoms with Gasteiger partial charge in [0.25, 0.3) is 5.91 Å². The summed E-state index contributed by atoms with van der Waals surface area (Å²) in [6, 6.07) is 17.8. The van der Waals surface area contributed by atoms with Gasteiger partial charge in [0, 0.05) is 24.5 Å². The Bertz CT molecular complexity index is 764. The van der Waals surface area contributed by atoms with Gasteiger partial charge in [-0.2, -0.15) is 0 Å². The molecule has 0 aliphatic carbocycles. The topological polar surface area (TPSA) is 46.9 Å². The molecule has 0 fully saturated rings. The Morgan fingerprint density at radius 3 is 2.50 bits per heavy atom. The summed E-state index contributed by atoms with van der Waals surface area (Å²) in [5.41, 5.74) is 2.95. The molecule has 1 heterocycles. The van der Waals surface area contributed by atoms with Gasteiger partial charge in [-0.3, -0.25) is 4.79 Å². The van der Waals surface area contributed by atoms with Crippen LogP contribution < -0.4 is 5.32 Å². The zero-order valence-electron chi connectivity index (χ0n) is 13.7. The number of nitrogens with one attached hydrogen (secondary N) is 1. The van der Waals surface area contributed by atoms with E-state index >= 15 is 0 Å². The lowest BCUT2D eigenvalue weighted by molar-refractivity contribution is 0.0935. The Balaban J connectivity index is 1.66. The van der Waals surface area contributed by atoms with Crippen LogP contribution in [0.1, 0.15) is 40.9 Å². The number of benzene rings is 2. The fraction of sp³-hybridized carbons (Fsp3) is 0.200. The molecule has 0 unspecified atom stereocenters. The Kier molecular flexibility index (Phi) is 5.06. The number of hydrogen-bond donors (Lipinski definition) is 1. The summed E-state index contributed by atoms with van der Waals surface area (Å²) >= 11 is 0. The summed E-state index contributed by atoms with van der Waals surface area (Å²) in [5, 5.41) is 3.11. The molecule has 0 bridgehead atoms. The van der Waals surface area contributed by atoms with Gasteiger partial charge >= 0.3 is 0 Å². The number of nitrogens with zero attached hydrogens (tertiary/aromatic N) is 2. The standard InChI is InChI=1S/C20H21N3O/c1-2-19(17-6-4-3-5-7-17)22-20(24)18-10-8-16(9-11-18)14-23-13-12-21-15-23/h3-13,15,19H,2,14H2,1H3,(H,22,24)/t19-/m0/s1. The minimum atomic E-state index is -0.0418. The first-order valence-electron chi connectivity index (χ1n) is 8.16. The van der Waals surface area contributed by atoms with E-state index in [1.165, 1.54) is 0 Å². The van der Waals surface area contributed by atoms with Crippen LogP contribution in [0, 0.1) is 0 Å². The highest BCUT2D eigenvalue weighted by atomic mass is 16.1. The van der Waals surface area contributed by atoms with Gasteiger partial charge in [-0.1, -0.05) is 49.4 Å². The summed E-state index contributed by atoms with van der Waals surface area (Å²) in [5.74, 6) is -0.0418. The smallest absolute Gasteiger partial charge is 0.251 e. The van der Waals surface area contributed by atoms with Crippen LogP contribution in [0.2, 0.25) is 0 Å². The second kappa shape index (κ2) is 7.59. The third kappa shape index (κ3) is 3.90. The van der Waals surface area contributed by atoms with Gasteiger partial charge in [0.15, 0.2) is 0 Å². The van der Waals surface area contributed by atoms with Gasteiger partial charge in [-0.05, 0) is 29.7 Å². The average Bonchev–Trinajstić information content (AvgIpc) is 3.14. The molecule has 0 aliphatic rings. The fourth-order valence-corrected chi connectivity index (χ4v) is 2.70. The number of rotatable bonds is 6. The highest BCUT2D eigenvalue weighted by molar-refractivity contribution is 5.94. The van der Waals surface area contributed by atoms with Crippen LogP contribution in [0.4, 0.5) is 0 Å². The maximum Gasteiger partial charge on any atom is 0.251 e. The third-order valence-electron chi connectivity index (χ3n) is 4.06. The first-order valence-corrected chi connectivity index (χ1v) is 8.16. The molecule has 4 heteroatoms. The number of carbonyl (C=O) groups excluding carboxylic acids is 1. The summed E-state index contributed by atoms with van der Waals surface area (Å²) in [6.07, 6.45) is 6.32. The number of carbonyl (C=O) groups is 1. The van der Waals surface area contributed by atoms with Crippen LogP contribution in [0.5, 0.6) is 0 Å². The molecular weight excluding hydrogens is 298 g/mol. The minimum Gasteiger partial charge on any atom is -0.345 e. The molecular formula is C20H21N3O. The number of aromatic nitrogens is 2. The van der Waals surface area contributed by atoms with E-state index < -0.39 is 0 Å². The highest BCUT2D eigenvalue weighted by Gasteiger charge is 2.13. The van der Waals surface area contributed by atoms with Crippen LogP contribution in [0.3, 0.4) is 0 Å². The molecule has 1 atom stereocenters. The van der Waals surface area contributed by atoms with Crippen LogP contribution in [0.15, 0.2) is 73.3 Å². The predicted octanol–water partition coefficient (Wildman–Crippen LogP) is 3.81. The van der Waals surface area contributed by atoms with Crippen LogP contribution in [-0.2, 0) is 6.54 Å². The maximum absolute atomic E-state index is 12.5. The molecule has 0 radical (unpaired) electrons. The Hall–Kier alpha value is -2.88. The zero-order valence-corrected chi connectivity index (χ0v) is 13.7. The number of imidazole rings is 1. The molecule has 1 amide bonds. The SMILES string of the molecule is CC[C@H](NC(=O)c1ccc(Cn2ccnc2)cc1)c1ccccc1. The van der Waals surface area contributed by atoms with E-state index in [1.807, 2.05) is 65.4 Å². The van der Waals surface area contributed by atoms with Crippen molar-refractivity contribution in [2.75, 3.05) is 0 Å². The second-order valence-corrected chi connectivity index (χ2v) is 5.78. The normalized spacial score (nSPS) is 11.9. The first kappa shape index (κ1) is 16.0. The quantitative estimate of drug-likeness (QED) is 0.751. The summed E-state index contributed by atoms with van der Waals surface area (Å²) in [4.78, 5) is 16.5. The van der Waals surface area contributed by atoms with E-state index in [2.05, 4.69) is 17.2 Å². The molecule has 0 aliphatic heterocycles. The Labute approximate surface area is 142 Å². The first-order chi connectivity index (χ1) is 11.8. The summed E-state index contributed by atoms with van der Waals surface area (Å²) in [7, 11) is 0.